The zero-order valence-corrected chi connectivity index (χ0v) is 15.5. The highest BCUT2D eigenvalue weighted by molar-refractivity contribution is 6.07. The van der Waals surface area contributed by atoms with E-state index in [9.17, 15) is 22.8 Å². The Bertz CT molecular complexity index is 1120. The predicted molar refractivity (Wildman–Crippen MR) is 104 cm³/mol. The summed E-state index contributed by atoms with van der Waals surface area (Å²) in [6, 6.07) is 8.90. The van der Waals surface area contributed by atoms with Crippen molar-refractivity contribution in [1.29, 1.82) is 0 Å². The molecule has 0 saturated carbocycles. The molecule has 0 atom stereocenters. The van der Waals surface area contributed by atoms with Crippen molar-refractivity contribution in [2.24, 2.45) is 0 Å². The van der Waals surface area contributed by atoms with Gasteiger partial charge in [0.05, 0.1) is 35.1 Å². The summed E-state index contributed by atoms with van der Waals surface area (Å²) in [7, 11) is 0. The van der Waals surface area contributed by atoms with Gasteiger partial charge >= 0.3 is 6.18 Å². The number of amides is 2. The summed E-state index contributed by atoms with van der Waals surface area (Å²) in [5, 5.41) is 5.00. The quantitative estimate of drug-likeness (QED) is 0.687. The van der Waals surface area contributed by atoms with Crippen LogP contribution >= 0.6 is 0 Å². The van der Waals surface area contributed by atoms with Crippen molar-refractivity contribution in [3.63, 3.8) is 0 Å². The van der Waals surface area contributed by atoms with Crippen LogP contribution in [0.4, 0.5) is 24.7 Å². The molecule has 30 heavy (non-hydrogen) atoms. The SMILES string of the molecule is O=C1CN(c2ccc(NC(=O)c3cnc4ccccc4c3C(F)(F)F)cn2)CCN1. The second kappa shape index (κ2) is 7.62. The lowest BCUT2D eigenvalue weighted by Crippen LogP contribution is -2.48. The Balaban J connectivity index is 1.60. The molecule has 0 spiro atoms. The molecule has 2 aromatic heterocycles. The van der Waals surface area contributed by atoms with E-state index in [1.807, 2.05) is 0 Å². The molecule has 10 heteroatoms. The van der Waals surface area contributed by atoms with Crippen LogP contribution in [0, 0.1) is 0 Å². The summed E-state index contributed by atoms with van der Waals surface area (Å²) < 4.78 is 41.1. The number of hydrogen-bond donors (Lipinski definition) is 2. The first-order chi connectivity index (χ1) is 14.3. The summed E-state index contributed by atoms with van der Waals surface area (Å²) in [5.41, 5.74) is -1.23. The van der Waals surface area contributed by atoms with Crippen molar-refractivity contribution in [3.05, 3.63) is 59.9 Å². The van der Waals surface area contributed by atoms with Crippen molar-refractivity contribution in [3.8, 4) is 0 Å². The molecule has 0 bridgehead atoms. The van der Waals surface area contributed by atoms with Crippen LogP contribution in [0.5, 0.6) is 0 Å². The molecule has 0 aliphatic carbocycles. The van der Waals surface area contributed by atoms with Crippen LogP contribution in [0.3, 0.4) is 0 Å². The minimum atomic E-state index is -4.73. The molecule has 2 amide bonds. The lowest BCUT2D eigenvalue weighted by atomic mass is 10.0. The third kappa shape index (κ3) is 3.88. The van der Waals surface area contributed by atoms with Crippen LogP contribution in [0.15, 0.2) is 48.8 Å². The molecule has 3 aromatic rings. The van der Waals surface area contributed by atoms with E-state index in [2.05, 4.69) is 20.6 Å². The number of hydrogen-bond acceptors (Lipinski definition) is 5. The monoisotopic (exact) mass is 415 g/mol. The van der Waals surface area contributed by atoms with E-state index in [-0.39, 0.29) is 29.0 Å². The maximum absolute atomic E-state index is 13.7. The second-order valence-corrected chi connectivity index (χ2v) is 6.69. The van der Waals surface area contributed by atoms with E-state index in [4.69, 9.17) is 0 Å². The Morgan fingerprint density at radius 3 is 2.60 bits per heavy atom. The first-order valence-electron chi connectivity index (χ1n) is 9.07. The van der Waals surface area contributed by atoms with Gasteiger partial charge in [-0.25, -0.2) is 4.98 Å². The fourth-order valence-electron chi connectivity index (χ4n) is 3.30. The normalized spacial score (nSPS) is 14.5. The van der Waals surface area contributed by atoms with E-state index in [0.29, 0.717) is 18.9 Å². The number of fused-ring (bicyclic) bond motifs is 1. The van der Waals surface area contributed by atoms with Gasteiger partial charge in [-0.15, -0.1) is 0 Å². The number of anilines is 2. The number of halogens is 3. The lowest BCUT2D eigenvalue weighted by Gasteiger charge is -2.27. The van der Waals surface area contributed by atoms with E-state index in [1.165, 1.54) is 30.5 Å². The highest BCUT2D eigenvalue weighted by atomic mass is 19.4. The van der Waals surface area contributed by atoms with E-state index < -0.39 is 23.2 Å². The summed E-state index contributed by atoms with van der Waals surface area (Å²) in [6.07, 6.45) is -2.47. The van der Waals surface area contributed by atoms with Crippen molar-refractivity contribution in [1.82, 2.24) is 15.3 Å². The number of rotatable bonds is 3. The molecule has 0 unspecified atom stereocenters. The predicted octanol–water partition coefficient (Wildman–Crippen LogP) is 2.84. The van der Waals surface area contributed by atoms with Crippen molar-refractivity contribution in [2.75, 3.05) is 29.9 Å². The molecule has 154 valence electrons. The fraction of sp³-hybridized carbons (Fsp3) is 0.200. The van der Waals surface area contributed by atoms with Crippen LogP contribution in [0.1, 0.15) is 15.9 Å². The van der Waals surface area contributed by atoms with E-state index in [1.54, 1.807) is 17.0 Å². The van der Waals surface area contributed by atoms with E-state index >= 15 is 0 Å². The Labute approximate surface area is 168 Å². The van der Waals surface area contributed by atoms with Gasteiger partial charge in [-0.05, 0) is 18.2 Å². The minimum Gasteiger partial charge on any atom is -0.353 e. The number of nitrogens with one attached hydrogen (secondary N) is 2. The summed E-state index contributed by atoms with van der Waals surface area (Å²) in [6.45, 7) is 1.24. The van der Waals surface area contributed by atoms with Crippen LogP contribution < -0.4 is 15.5 Å². The molecule has 1 fully saturated rings. The van der Waals surface area contributed by atoms with Crippen LogP contribution in [-0.2, 0) is 11.0 Å². The van der Waals surface area contributed by atoms with Gasteiger partial charge in [-0.3, -0.25) is 14.6 Å². The summed E-state index contributed by atoms with van der Waals surface area (Å²) in [5.74, 6) is -0.525. The number of carbonyl (C=O) groups excluding carboxylic acids is 2. The molecule has 1 aliphatic rings. The fourth-order valence-corrected chi connectivity index (χ4v) is 3.30. The molecule has 1 aliphatic heterocycles. The number of carbonyl (C=O) groups is 2. The molecule has 3 heterocycles. The maximum atomic E-state index is 13.7. The number of aromatic nitrogens is 2. The first kappa shape index (κ1) is 19.6. The van der Waals surface area contributed by atoms with Gasteiger partial charge in [0.1, 0.15) is 5.82 Å². The van der Waals surface area contributed by atoms with Crippen molar-refractivity contribution < 1.29 is 22.8 Å². The highest BCUT2D eigenvalue weighted by Gasteiger charge is 2.37. The molecule has 1 saturated heterocycles. The first-order valence-corrected chi connectivity index (χ1v) is 9.07. The number of para-hydroxylation sites is 1. The molecular weight excluding hydrogens is 399 g/mol. The second-order valence-electron chi connectivity index (χ2n) is 6.69. The summed E-state index contributed by atoms with van der Waals surface area (Å²) >= 11 is 0. The van der Waals surface area contributed by atoms with Gasteiger partial charge in [0.15, 0.2) is 0 Å². The highest BCUT2D eigenvalue weighted by Crippen LogP contribution is 2.37. The number of nitrogens with zero attached hydrogens (tertiary/aromatic N) is 3. The van der Waals surface area contributed by atoms with Gasteiger partial charge in [0, 0.05) is 24.7 Å². The number of pyridine rings is 2. The standard InChI is InChI=1S/C20H16F3N5O2/c21-20(22,23)18-13-3-1-2-4-15(13)25-10-14(18)19(30)27-12-5-6-16(26-9-12)28-8-7-24-17(29)11-28/h1-6,9-10H,7-8,11H2,(H,24,29)(H,27,30). The van der Waals surface area contributed by atoms with Gasteiger partial charge in [-0.2, -0.15) is 13.2 Å². The Hall–Kier alpha value is -3.69. The molecule has 7 nitrogen and oxygen atoms in total. The average molecular weight is 415 g/mol. The van der Waals surface area contributed by atoms with Gasteiger partial charge in [0.25, 0.3) is 5.91 Å². The Kier molecular flexibility index (Phi) is 4.98. The topological polar surface area (TPSA) is 87.2 Å². The maximum Gasteiger partial charge on any atom is 0.417 e. The largest absolute Gasteiger partial charge is 0.417 e. The van der Waals surface area contributed by atoms with Crippen LogP contribution in [0.25, 0.3) is 10.9 Å². The van der Waals surface area contributed by atoms with Crippen molar-refractivity contribution in [2.45, 2.75) is 6.18 Å². The van der Waals surface area contributed by atoms with Gasteiger partial charge in [0.2, 0.25) is 5.91 Å². The number of alkyl halides is 3. The van der Waals surface area contributed by atoms with E-state index in [0.717, 1.165) is 6.20 Å². The van der Waals surface area contributed by atoms with Crippen LogP contribution in [0.2, 0.25) is 0 Å². The lowest BCUT2D eigenvalue weighted by molar-refractivity contribution is -0.136. The molecule has 2 N–H and O–H groups in total. The number of piperazine rings is 1. The summed E-state index contributed by atoms with van der Waals surface area (Å²) in [4.78, 5) is 34.0. The van der Waals surface area contributed by atoms with Crippen LogP contribution in [-0.4, -0.2) is 41.4 Å². The van der Waals surface area contributed by atoms with Gasteiger partial charge < -0.3 is 15.5 Å². The van der Waals surface area contributed by atoms with Gasteiger partial charge in [-0.1, -0.05) is 18.2 Å². The third-order valence-electron chi connectivity index (χ3n) is 4.67. The molecule has 4 rings (SSSR count). The Morgan fingerprint density at radius 2 is 1.90 bits per heavy atom. The third-order valence-corrected chi connectivity index (χ3v) is 4.67. The molecule has 1 aromatic carbocycles. The number of benzene rings is 1. The zero-order chi connectivity index (χ0) is 21.3. The molecule has 0 radical (unpaired) electrons. The zero-order valence-electron chi connectivity index (χ0n) is 15.5. The smallest absolute Gasteiger partial charge is 0.353 e. The minimum absolute atomic E-state index is 0.121. The molecular formula is C20H16F3N5O2. The average Bonchev–Trinajstić information content (AvgIpc) is 2.72. The Morgan fingerprint density at radius 1 is 1.10 bits per heavy atom. The van der Waals surface area contributed by atoms with Crippen molar-refractivity contribution >= 4 is 34.2 Å².